The molecule has 0 aliphatic rings. The van der Waals surface area contributed by atoms with Crippen molar-refractivity contribution in [1.82, 2.24) is 9.97 Å². The summed E-state index contributed by atoms with van der Waals surface area (Å²) in [7, 11) is 0. The van der Waals surface area contributed by atoms with Gasteiger partial charge in [-0.15, -0.1) is 0 Å². The second-order valence-electron chi connectivity index (χ2n) is 4.53. The van der Waals surface area contributed by atoms with E-state index in [9.17, 15) is 0 Å². The summed E-state index contributed by atoms with van der Waals surface area (Å²) in [5.74, 6) is 1.05. The lowest BCUT2D eigenvalue weighted by atomic mass is 9.94. The predicted molar refractivity (Wildman–Crippen MR) is 74.7 cm³/mol. The molecule has 0 aliphatic heterocycles. The Labute approximate surface area is 113 Å². The number of nitriles is 1. The van der Waals surface area contributed by atoms with Gasteiger partial charge >= 0.3 is 0 Å². The zero-order valence-electron chi connectivity index (χ0n) is 11.0. The van der Waals surface area contributed by atoms with Crippen LogP contribution in [0.4, 0.5) is 5.82 Å². The first-order valence-corrected chi connectivity index (χ1v) is 6.24. The summed E-state index contributed by atoms with van der Waals surface area (Å²) in [4.78, 5) is 8.17. The highest BCUT2D eigenvalue weighted by Gasteiger charge is 2.14. The summed E-state index contributed by atoms with van der Waals surface area (Å²) >= 11 is 0. The van der Waals surface area contributed by atoms with Gasteiger partial charge in [-0.1, -0.05) is 37.3 Å². The van der Waals surface area contributed by atoms with Crippen LogP contribution >= 0.6 is 0 Å². The van der Waals surface area contributed by atoms with Crippen molar-refractivity contribution >= 4 is 5.82 Å². The van der Waals surface area contributed by atoms with Crippen molar-refractivity contribution in [2.24, 2.45) is 0 Å². The summed E-state index contributed by atoms with van der Waals surface area (Å²) < 4.78 is 0. The van der Waals surface area contributed by atoms with E-state index in [1.807, 2.05) is 24.3 Å². The second-order valence-corrected chi connectivity index (χ2v) is 4.53. The molecular formula is C15H16N4. The average molecular weight is 252 g/mol. The van der Waals surface area contributed by atoms with Crippen LogP contribution in [0, 0.1) is 11.3 Å². The van der Waals surface area contributed by atoms with Gasteiger partial charge in [0, 0.05) is 12.0 Å². The molecular weight excluding hydrogens is 236 g/mol. The number of anilines is 1. The molecule has 1 heterocycles. The number of nitrogens with zero attached hydrogens (tertiary/aromatic N) is 3. The number of rotatable bonds is 4. The number of nitrogens with one attached hydrogen (secondary N) is 1. The van der Waals surface area contributed by atoms with Crippen molar-refractivity contribution in [3.63, 3.8) is 0 Å². The Kier molecular flexibility index (Phi) is 4.09. The van der Waals surface area contributed by atoms with E-state index in [2.05, 4.69) is 41.3 Å². The second kappa shape index (κ2) is 5.96. The van der Waals surface area contributed by atoms with Crippen LogP contribution in [0.2, 0.25) is 0 Å². The first kappa shape index (κ1) is 13.0. The van der Waals surface area contributed by atoms with E-state index < -0.39 is 0 Å². The van der Waals surface area contributed by atoms with Gasteiger partial charge in [-0.05, 0) is 12.5 Å². The molecule has 96 valence electrons. The van der Waals surface area contributed by atoms with Gasteiger partial charge in [0.05, 0.1) is 12.4 Å². The van der Waals surface area contributed by atoms with Crippen molar-refractivity contribution in [3.05, 3.63) is 54.0 Å². The number of benzene rings is 1. The third-order valence-corrected chi connectivity index (χ3v) is 3.22. The number of aromatic nitrogens is 2. The van der Waals surface area contributed by atoms with Gasteiger partial charge in [0.25, 0.3) is 0 Å². The molecule has 0 saturated heterocycles. The minimum atomic E-state index is 0.227. The number of hydrogen-bond donors (Lipinski definition) is 1. The molecule has 4 nitrogen and oxygen atoms in total. The molecule has 2 unspecified atom stereocenters. The molecule has 1 N–H and O–H groups in total. The first-order valence-electron chi connectivity index (χ1n) is 6.24. The molecule has 0 aliphatic carbocycles. The zero-order chi connectivity index (χ0) is 13.7. The van der Waals surface area contributed by atoms with Gasteiger partial charge < -0.3 is 5.32 Å². The highest BCUT2D eigenvalue weighted by atomic mass is 15.0. The summed E-state index contributed by atoms with van der Waals surface area (Å²) in [5.41, 5.74) is 1.61. The van der Waals surface area contributed by atoms with E-state index in [4.69, 9.17) is 5.26 Å². The van der Waals surface area contributed by atoms with Crippen LogP contribution in [-0.4, -0.2) is 16.0 Å². The fourth-order valence-corrected chi connectivity index (χ4v) is 1.86. The molecule has 0 spiro atoms. The summed E-state index contributed by atoms with van der Waals surface area (Å²) in [6.07, 6.45) is 3.06. The average Bonchev–Trinajstić information content (AvgIpc) is 2.48. The van der Waals surface area contributed by atoms with Crippen LogP contribution in [0.3, 0.4) is 0 Å². The predicted octanol–water partition coefficient (Wildman–Crippen LogP) is 2.95. The quantitative estimate of drug-likeness (QED) is 0.908. The third kappa shape index (κ3) is 3.29. The van der Waals surface area contributed by atoms with Crippen LogP contribution in [-0.2, 0) is 0 Å². The summed E-state index contributed by atoms with van der Waals surface area (Å²) in [6, 6.07) is 12.5. The van der Waals surface area contributed by atoms with Crippen molar-refractivity contribution in [2.45, 2.75) is 25.8 Å². The SMILES string of the molecule is CC(Nc1cnc(C#N)cn1)C(C)c1ccccc1. The molecule has 19 heavy (non-hydrogen) atoms. The van der Waals surface area contributed by atoms with Crippen LogP contribution in [0.15, 0.2) is 42.7 Å². The van der Waals surface area contributed by atoms with Crippen molar-refractivity contribution in [2.75, 3.05) is 5.32 Å². The zero-order valence-corrected chi connectivity index (χ0v) is 11.0. The van der Waals surface area contributed by atoms with E-state index in [1.54, 1.807) is 6.20 Å². The van der Waals surface area contributed by atoms with Crippen LogP contribution in [0.1, 0.15) is 31.0 Å². The fraction of sp³-hybridized carbons (Fsp3) is 0.267. The Bertz CT molecular complexity index is 557. The molecule has 2 rings (SSSR count). The molecule has 0 bridgehead atoms. The smallest absolute Gasteiger partial charge is 0.158 e. The Hall–Kier alpha value is -2.41. The molecule has 0 fully saturated rings. The van der Waals surface area contributed by atoms with Gasteiger partial charge in [0.1, 0.15) is 11.9 Å². The van der Waals surface area contributed by atoms with Gasteiger partial charge in [-0.2, -0.15) is 5.26 Å². The van der Waals surface area contributed by atoms with Gasteiger partial charge in [0.15, 0.2) is 5.69 Å². The minimum absolute atomic E-state index is 0.227. The molecule has 2 atom stereocenters. The van der Waals surface area contributed by atoms with Crippen LogP contribution < -0.4 is 5.32 Å². The normalized spacial score (nSPS) is 13.3. The van der Waals surface area contributed by atoms with Gasteiger partial charge in [0.2, 0.25) is 0 Å². The van der Waals surface area contributed by atoms with E-state index in [0.717, 1.165) is 0 Å². The molecule has 1 aromatic heterocycles. The standard InChI is InChI=1S/C15H16N4/c1-11(13-6-4-3-5-7-13)12(2)19-15-10-17-14(8-16)9-18-15/h3-7,9-12H,1-2H3,(H,18,19). The lowest BCUT2D eigenvalue weighted by molar-refractivity contribution is 0.647. The highest BCUT2D eigenvalue weighted by Crippen LogP contribution is 2.20. The molecule has 1 aromatic carbocycles. The number of hydrogen-bond acceptors (Lipinski definition) is 4. The first-order chi connectivity index (χ1) is 9.20. The molecule has 0 saturated carbocycles. The Morgan fingerprint density at radius 2 is 1.84 bits per heavy atom. The molecule has 4 heteroatoms. The van der Waals surface area contributed by atoms with Gasteiger partial charge in [-0.25, -0.2) is 9.97 Å². The fourth-order valence-electron chi connectivity index (χ4n) is 1.86. The molecule has 2 aromatic rings. The maximum atomic E-state index is 8.67. The van der Waals surface area contributed by atoms with Crippen molar-refractivity contribution in [1.29, 1.82) is 5.26 Å². The summed E-state index contributed by atoms with van der Waals surface area (Å²) in [6.45, 7) is 4.28. The Balaban J connectivity index is 2.04. The molecule has 0 radical (unpaired) electrons. The lowest BCUT2D eigenvalue weighted by Crippen LogP contribution is -2.22. The minimum Gasteiger partial charge on any atom is -0.366 e. The van der Waals surface area contributed by atoms with E-state index in [1.165, 1.54) is 11.8 Å². The largest absolute Gasteiger partial charge is 0.366 e. The topological polar surface area (TPSA) is 61.6 Å². The molecule has 0 amide bonds. The maximum absolute atomic E-state index is 8.67. The van der Waals surface area contributed by atoms with Crippen LogP contribution in [0.5, 0.6) is 0 Å². The monoisotopic (exact) mass is 252 g/mol. The van der Waals surface area contributed by atoms with E-state index in [0.29, 0.717) is 17.4 Å². The van der Waals surface area contributed by atoms with Crippen LogP contribution in [0.25, 0.3) is 0 Å². The van der Waals surface area contributed by atoms with Crippen molar-refractivity contribution < 1.29 is 0 Å². The van der Waals surface area contributed by atoms with Crippen molar-refractivity contribution in [3.8, 4) is 6.07 Å². The van der Waals surface area contributed by atoms with E-state index >= 15 is 0 Å². The maximum Gasteiger partial charge on any atom is 0.158 e. The highest BCUT2D eigenvalue weighted by molar-refractivity contribution is 5.36. The Morgan fingerprint density at radius 1 is 1.11 bits per heavy atom. The third-order valence-electron chi connectivity index (χ3n) is 3.22. The van der Waals surface area contributed by atoms with E-state index in [-0.39, 0.29) is 6.04 Å². The van der Waals surface area contributed by atoms with Gasteiger partial charge in [-0.3, -0.25) is 0 Å². The lowest BCUT2D eigenvalue weighted by Gasteiger charge is -2.22. The Morgan fingerprint density at radius 3 is 2.42 bits per heavy atom. The summed E-state index contributed by atoms with van der Waals surface area (Å²) in [5, 5.41) is 12.0.